The Morgan fingerprint density at radius 3 is 2.43 bits per heavy atom. The molecular formula is C24H28F4N6O. The highest BCUT2D eigenvalue weighted by Gasteiger charge is 2.33. The number of amides is 1. The van der Waals surface area contributed by atoms with Crippen LogP contribution in [0, 0.1) is 12.7 Å². The lowest BCUT2D eigenvalue weighted by Crippen LogP contribution is -2.55. The molecule has 2 aromatic carbocycles. The summed E-state index contributed by atoms with van der Waals surface area (Å²) in [5, 5.41) is 7.72. The number of guanidine groups is 1. The molecule has 7 nitrogen and oxygen atoms in total. The summed E-state index contributed by atoms with van der Waals surface area (Å²) >= 11 is 0. The van der Waals surface area contributed by atoms with Gasteiger partial charge < -0.3 is 10.6 Å². The lowest BCUT2D eigenvalue weighted by atomic mass is 10.0. The van der Waals surface area contributed by atoms with E-state index in [1.807, 2.05) is 6.07 Å². The number of halogens is 4. The van der Waals surface area contributed by atoms with Crippen molar-refractivity contribution in [3.05, 3.63) is 70.5 Å². The van der Waals surface area contributed by atoms with Crippen LogP contribution in [0.1, 0.15) is 65.2 Å². The molecule has 1 heterocycles. The first kappa shape index (κ1) is 25.1. The highest BCUT2D eigenvalue weighted by atomic mass is 19.4. The standard InChI is InChI=1S/C24H28F4N6O/c1-14-6-7-16(12-19(14)25)20-13-21(34(29)33-20)31-23(30-18-4-2-3-5-18)32-22(35)15-8-10-17(11-9-15)24(26,27)28/h6-12,18,20-21,33H,2-5,13,29H2,1H3,(H2,30,31,32,35). The van der Waals surface area contributed by atoms with Crippen molar-refractivity contribution in [2.75, 3.05) is 0 Å². The molecule has 0 radical (unpaired) electrons. The van der Waals surface area contributed by atoms with Gasteiger partial charge in [-0.2, -0.15) is 23.3 Å². The number of hydrogen-bond acceptors (Lipinski definition) is 4. The number of hydrazine groups is 2. The summed E-state index contributed by atoms with van der Waals surface area (Å²) in [6.07, 6.45) is -0.583. The van der Waals surface area contributed by atoms with Crippen LogP contribution in [0.4, 0.5) is 17.6 Å². The molecule has 2 aliphatic rings. The minimum Gasteiger partial charge on any atom is -0.353 e. The fraction of sp³-hybridized carbons (Fsp3) is 0.417. The Hall–Kier alpha value is -3.02. The molecule has 4 rings (SSSR count). The van der Waals surface area contributed by atoms with Gasteiger partial charge in [0.1, 0.15) is 12.0 Å². The number of hydrogen-bond donors (Lipinski definition) is 4. The molecule has 0 spiro atoms. The minimum atomic E-state index is -4.49. The van der Waals surface area contributed by atoms with Gasteiger partial charge in [-0.15, -0.1) is 0 Å². The molecular weight excluding hydrogens is 464 g/mol. The number of benzene rings is 2. The van der Waals surface area contributed by atoms with Crippen molar-refractivity contribution in [1.82, 2.24) is 21.2 Å². The third kappa shape index (κ3) is 6.16. The Labute approximate surface area is 200 Å². The van der Waals surface area contributed by atoms with Crippen LogP contribution in [0.15, 0.2) is 47.5 Å². The largest absolute Gasteiger partial charge is 0.416 e. The Bertz CT molecular complexity index is 1080. The zero-order valence-electron chi connectivity index (χ0n) is 19.2. The van der Waals surface area contributed by atoms with Crippen molar-refractivity contribution >= 4 is 11.9 Å². The van der Waals surface area contributed by atoms with Gasteiger partial charge in [-0.3, -0.25) is 10.6 Å². The second-order valence-electron chi connectivity index (χ2n) is 8.96. The first-order valence-electron chi connectivity index (χ1n) is 11.5. The molecule has 1 aliphatic heterocycles. The lowest BCUT2D eigenvalue weighted by Gasteiger charge is -2.24. The van der Waals surface area contributed by atoms with Crippen LogP contribution in [0.3, 0.4) is 0 Å². The predicted octanol–water partition coefficient (Wildman–Crippen LogP) is 3.92. The number of carbonyl (C=O) groups excluding carboxylic acids is 1. The zero-order chi connectivity index (χ0) is 25.2. The summed E-state index contributed by atoms with van der Waals surface area (Å²) in [7, 11) is 0. The molecule has 0 aromatic heterocycles. The van der Waals surface area contributed by atoms with E-state index in [0.717, 1.165) is 55.5 Å². The van der Waals surface area contributed by atoms with Gasteiger partial charge in [-0.05, 0) is 61.2 Å². The van der Waals surface area contributed by atoms with Crippen LogP contribution >= 0.6 is 0 Å². The maximum Gasteiger partial charge on any atom is 0.416 e. The van der Waals surface area contributed by atoms with Crippen molar-refractivity contribution in [1.29, 1.82) is 0 Å². The van der Waals surface area contributed by atoms with E-state index >= 15 is 0 Å². The van der Waals surface area contributed by atoms with Gasteiger partial charge in [0.2, 0.25) is 5.96 Å². The van der Waals surface area contributed by atoms with Crippen LogP contribution in [-0.2, 0) is 6.18 Å². The number of aryl methyl sites for hydroxylation is 1. The first-order chi connectivity index (χ1) is 16.6. The maximum atomic E-state index is 14.0. The van der Waals surface area contributed by atoms with E-state index in [1.165, 1.54) is 11.2 Å². The lowest BCUT2D eigenvalue weighted by molar-refractivity contribution is -0.137. The summed E-state index contributed by atoms with van der Waals surface area (Å²) < 4.78 is 52.6. The molecule has 35 heavy (non-hydrogen) atoms. The molecule has 1 saturated carbocycles. The van der Waals surface area contributed by atoms with E-state index in [0.29, 0.717) is 12.0 Å². The summed E-state index contributed by atoms with van der Waals surface area (Å²) in [6, 6.07) is 8.77. The third-order valence-corrected chi connectivity index (χ3v) is 6.37. The number of nitrogens with zero attached hydrogens (tertiary/aromatic N) is 2. The quantitative estimate of drug-likeness (QED) is 0.224. The Balaban J connectivity index is 1.50. The summed E-state index contributed by atoms with van der Waals surface area (Å²) in [5.41, 5.74) is 3.55. The van der Waals surface area contributed by atoms with E-state index in [-0.39, 0.29) is 29.4 Å². The molecule has 2 aromatic rings. The van der Waals surface area contributed by atoms with Crippen LogP contribution in [-0.4, -0.2) is 29.2 Å². The minimum absolute atomic E-state index is 0.0349. The smallest absolute Gasteiger partial charge is 0.353 e. The fourth-order valence-corrected chi connectivity index (χ4v) is 4.32. The van der Waals surface area contributed by atoms with Crippen molar-refractivity contribution in [3.63, 3.8) is 0 Å². The van der Waals surface area contributed by atoms with E-state index in [4.69, 9.17) is 5.84 Å². The normalized spacial score (nSPS) is 21.9. The second-order valence-corrected chi connectivity index (χ2v) is 8.96. The summed E-state index contributed by atoms with van der Waals surface area (Å²) in [6.45, 7) is 1.69. The van der Waals surface area contributed by atoms with Crippen LogP contribution in [0.2, 0.25) is 0 Å². The van der Waals surface area contributed by atoms with Crippen molar-refractivity contribution in [2.45, 2.75) is 63.5 Å². The molecule has 1 amide bonds. The Morgan fingerprint density at radius 1 is 1.11 bits per heavy atom. The molecule has 11 heteroatoms. The number of rotatable bonds is 4. The highest BCUT2D eigenvalue weighted by molar-refractivity contribution is 6.02. The van der Waals surface area contributed by atoms with E-state index in [9.17, 15) is 22.4 Å². The monoisotopic (exact) mass is 492 g/mol. The van der Waals surface area contributed by atoms with Gasteiger partial charge in [0.15, 0.2) is 0 Å². The predicted molar refractivity (Wildman–Crippen MR) is 123 cm³/mol. The third-order valence-electron chi connectivity index (χ3n) is 6.37. The zero-order valence-corrected chi connectivity index (χ0v) is 19.2. The fourth-order valence-electron chi connectivity index (χ4n) is 4.32. The molecule has 2 unspecified atom stereocenters. The topological polar surface area (TPSA) is 94.8 Å². The van der Waals surface area contributed by atoms with Gasteiger partial charge in [0.05, 0.1) is 11.6 Å². The van der Waals surface area contributed by atoms with Crippen molar-refractivity contribution < 1.29 is 22.4 Å². The maximum absolute atomic E-state index is 14.0. The molecule has 188 valence electrons. The number of carbonyl (C=O) groups is 1. The average molecular weight is 493 g/mol. The molecule has 1 saturated heterocycles. The Morgan fingerprint density at radius 2 is 1.80 bits per heavy atom. The summed E-state index contributed by atoms with van der Waals surface area (Å²) in [4.78, 5) is 16.9. The van der Waals surface area contributed by atoms with Gasteiger partial charge in [-0.25, -0.2) is 9.82 Å². The van der Waals surface area contributed by atoms with Crippen molar-refractivity contribution in [3.8, 4) is 0 Å². The number of nitrogens with one attached hydrogen (secondary N) is 3. The van der Waals surface area contributed by atoms with Gasteiger partial charge >= 0.3 is 6.18 Å². The first-order valence-corrected chi connectivity index (χ1v) is 11.5. The average Bonchev–Trinajstić information content (AvgIpc) is 3.45. The molecule has 1 aliphatic carbocycles. The van der Waals surface area contributed by atoms with Crippen LogP contribution in [0.5, 0.6) is 0 Å². The molecule has 0 bridgehead atoms. The van der Waals surface area contributed by atoms with Crippen LogP contribution < -0.4 is 21.9 Å². The molecule has 2 atom stereocenters. The highest BCUT2D eigenvalue weighted by Crippen LogP contribution is 2.29. The van der Waals surface area contributed by atoms with E-state index in [2.05, 4.69) is 21.1 Å². The van der Waals surface area contributed by atoms with Crippen molar-refractivity contribution in [2.24, 2.45) is 10.8 Å². The second kappa shape index (κ2) is 10.3. The number of aliphatic imine (C=N–C) groups is 1. The SMILES string of the molecule is Cc1ccc(C2CC(N/C(=N\C(=O)c3ccc(C(F)(F)F)cc3)NC3CCCC3)N(N)N2)cc1F. The molecule has 2 fully saturated rings. The van der Waals surface area contributed by atoms with Gasteiger partial charge in [-0.1, -0.05) is 25.0 Å². The van der Waals surface area contributed by atoms with E-state index < -0.39 is 23.8 Å². The molecule has 5 N–H and O–H groups in total. The van der Waals surface area contributed by atoms with E-state index in [1.54, 1.807) is 13.0 Å². The van der Waals surface area contributed by atoms with Crippen LogP contribution in [0.25, 0.3) is 0 Å². The van der Waals surface area contributed by atoms with Gasteiger partial charge in [0, 0.05) is 18.0 Å². The number of alkyl halides is 3. The Kier molecular flexibility index (Phi) is 7.39. The number of nitrogens with two attached hydrogens (primary N) is 1. The van der Waals surface area contributed by atoms with Gasteiger partial charge in [0.25, 0.3) is 5.91 Å². The summed E-state index contributed by atoms with van der Waals surface area (Å²) in [5.74, 6) is 5.33.